The summed E-state index contributed by atoms with van der Waals surface area (Å²) in [6, 6.07) is 10.3. The van der Waals surface area contributed by atoms with E-state index in [1.165, 1.54) is 12.8 Å². The molecule has 2 aromatic rings. The Labute approximate surface area is 145 Å². The lowest BCUT2D eigenvalue weighted by Gasteiger charge is -2.14. The van der Waals surface area contributed by atoms with Gasteiger partial charge < -0.3 is 5.32 Å². The normalized spacial score (nSPS) is 12.3. The van der Waals surface area contributed by atoms with Crippen molar-refractivity contribution in [3.63, 3.8) is 0 Å². The van der Waals surface area contributed by atoms with Gasteiger partial charge in [-0.1, -0.05) is 44.9 Å². The first kappa shape index (κ1) is 18.2. The number of para-hydroxylation sites is 1. The van der Waals surface area contributed by atoms with Crippen LogP contribution in [0.4, 0.5) is 0 Å². The number of rotatable bonds is 9. The Kier molecular flexibility index (Phi) is 7.04. The van der Waals surface area contributed by atoms with E-state index in [0.29, 0.717) is 6.42 Å². The smallest absolute Gasteiger partial charge is 0.220 e. The first-order valence-corrected chi connectivity index (χ1v) is 8.93. The van der Waals surface area contributed by atoms with Gasteiger partial charge in [0.2, 0.25) is 5.91 Å². The van der Waals surface area contributed by atoms with Crippen LogP contribution >= 0.6 is 0 Å². The Bertz CT molecular complexity index is 619. The van der Waals surface area contributed by atoms with Gasteiger partial charge in [0.1, 0.15) is 0 Å². The lowest BCUT2D eigenvalue weighted by atomic mass is 10.0. The van der Waals surface area contributed by atoms with Crippen LogP contribution in [0.2, 0.25) is 0 Å². The standard InChI is InChI=1S/C20H29N3O/c1-16(2)8-7-9-17(3)22-20(24)13-12-18-14-21-23(15-18)19-10-5-4-6-11-19/h4-6,10-11,14-17H,7-9,12-13H2,1-3H3,(H,22,24). The van der Waals surface area contributed by atoms with Crippen LogP contribution in [0.3, 0.4) is 0 Å². The van der Waals surface area contributed by atoms with Crippen LogP contribution in [-0.2, 0) is 11.2 Å². The SMILES string of the molecule is CC(C)CCCC(C)NC(=O)CCc1cnn(-c2ccccc2)c1. The van der Waals surface area contributed by atoms with Gasteiger partial charge in [-0.3, -0.25) is 4.79 Å². The molecule has 0 bridgehead atoms. The molecule has 1 amide bonds. The van der Waals surface area contributed by atoms with E-state index in [2.05, 4.69) is 31.2 Å². The largest absolute Gasteiger partial charge is 0.354 e. The lowest BCUT2D eigenvalue weighted by Crippen LogP contribution is -2.32. The summed E-state index contributed by atoms with van der Waals surface area (Å²) in [5.41, 5.74) is 2.12. The Hall–Kier alpha value is -2.10. The van der Waals surface area contributed by atoms with Gasteiger partial charge in [0.25, 0.3) is 0 Å². The second-order valence-corrected chi connectivity index (χ2v) is 6.92. The van der Waals surface area contributed by atoms with Crippen LogP contribution in [0.25, 0.3) is 5.69 Å². The summed E-state index contributed by atoms with van der Waals surface area (Å²) in [6.45, 7) is 6.56. The molecule has 130 valence electrons. The van der Waals surface area contributed by atoms with Crippen LogP contribution in [0, 0.1) is 5.92 Å². The van der Waals surface area contributed by atoms with Gasteiger partial charge in [-0.25, -0.2) is 4.68 Å². The zero-order valence-electron chi connectivity index (χ0n) is 15.0. The Morgan fingerprint density at radius 3 is 2.62 bits per heavy atom. The molecule has 1 aromatic carbocycles. The molecule has 0 fully saturated rings. The maximum atomic E-state index is 12.1. The molecule has 1 N–H and O–H groups in total. The highest BCUT2D eigenvalue weighted by Crippen LogP contribution is 2.10. The van der Waals surface area contributed by atoms with Gasteiger partial charge in [0, 0.05) is 18.7 Å². The fourth-order valence-corrected chi connectivity index (χ4v) is 2.72. The van der Waals surface area contributed by atoms with Crippen molar-refractivity contribution in [3.8, 4) is 5.69 Å². The number of aryl methyl sites for hydroxylation is 1. The van der Waals surface area contributed by atoms with Crippen molar-refractivity contribution < 1.29 is 4.79 Å². The number of aromatic nitrogens is 2. The lowest BCUT2D eigenvalue weighted by molar-refractivity contribution is -0.121. The number of hydrogen-bond donors (Lipinski definition) is 1. The number of benzene rings is 1. The minimum atomic E-state index is 0.125. The van der Waals surface area contributed by atoms with E-state index in [9.17, 15) is 4.79 Å². The van der Waals surface area contributed by atoms with E-state index >= 15 is 0 Å². The van der Waals surface area contributed by atoms with Crippen molar-refractivity contribution in [2.24, 2.45) is 5.92 Å². The zero-order chi connectivity index (χ0) is 17.4. The predicted octanol–water partition coefficient (Wildman–Crippen LogP) is 4.14. The molecule has 0 saturated carbocycles. The van der Waals surface area contributed by atoms with E-state index in [0.717, 1.165) is 30.0 Å². The van der Waals surface area contributed by atoms with Gasteiger partial charge in [0.15, 0.2) is 0 Å². The molecule has 1 unspecified atom stereocenters. The predicted molar refractivity (Wildman–Crippen MR) is 98.2 cm³/mol. The molecule has 0 saturated heterocycles. The zero-order valence-corrected chi connectivity index (χ0v) is 15.0. The molecule has 4 heteroatoms. The van der Waals surface area contributed by atoms with Crippen LogP contribution in [0.15, 0.2) is 42.7 Å². The highest BCUT2D eigenvalue weighted by Gasteiger charge is 2.09. The molecule has 1 atom stereocenters. The van der Waals surface area contributed by atoms with Crippen molar-refractivity contribution in [1.82, 2.24) is 15.1 Å². The molecule has 1 heterocycles. The van der Waals surface area contributed by atoms with Crippen LogP contribution in [0.5, 0.6) is 0 Å². The Morgan fingerprint density at radius 2 is 1.92 bits per heavy atom. The van der Waals surface area contributed by atoms with E-state index < -0.39 is 0 Å². The Balaban J connectivity index is 1.73. The third-order valence-corrected chi connectivity index (χ3v) is 4.12. The number of carbonyl (C=O) groups excluding carboxylic acids is 1. The third-order valence-electron chi connectivity index (χ3n) is 4.12. The maximum absolute atomic E-state index is 12.1. The first-order valence-electron chi connectivity index (χ1n) is 8.93. The minimum absolute atomic E-state index is 0.125. The van der Waals surface area contributed by atoms with Crippen LogP contribution in [-0.4, -0.2) is 21.7 Å². The van der Waals surface area contributed by atoms with Crippen molar-refractivity contribution in [3.05, 3.63) is 48.3 Å². The van der Waals surface area contributed by atoms with E-state index in [4.69, 9.17) is 0 Å². The topological polar surface area (TPSA) is 46.9 Å². The van der Waals surface area contributed by atoms with E-state index in [1.54, 1.807) is 0 Å². The molecule has 0 aliphatic rings. The summed E-state index contributed by atoms with van der Waals surface area (Å²) < 4.78 is 1.85. The summed E-state index contributed by atoms with van der Waals surface area (Å²) >= 11 is 0. The van der Waals surface area contributed by atoms with Gasteiger partial charge in [-0.15, -0.1) is 0 Å². The molecule has 4 nitrogen and oxygen atoms in total. The molecule has 1 aromatic heterocycles. The average Bonchev–Trinajstić information content (AvgIpc) is 3.02. The molecule has 0 radical (unpaired) electrons. The monoisotopic (exact) mass is 327 g/mol. The summed E-state index contributed by atoms with van der Waals surface area (Å²) in [4.78, 5) is 12.1. The second kappa shape index (κ2) is 9.26. The van der Waals surface area contributed by atoms with Crippen molar-refractivity contribution in [2.75, 3.05) is 0 Å². The highest BCUT2D eigenvalue weighted by molar-refractivity contribution is 5.76. The summed E-state index contributed by atoms with van der Waals surface area (Å²) in [6.07, 6.45) is 8.51. The number of nitrogens with one attached hydrogen (secondary N) is 1. The fraction of sp³-hybridized carbons (Fsp3) is 0.500. The third kappa shape index (κ3) is 6.19. The summed E-state index contributed by atoms with van der Waals surface area (Å²) in [5.74, 6) is 0.855. The number of carbonyl (C=O) groups is 1. The number of amides is 1. The van der Waals surface area contributed by atoms with Gasteiger partial charge in [-0.2, -0.15) is 5.10 Å². The average molecular weight is 327 g/mol. The number of nitrogens with zero attached hydrogens (tertiary/aromatic N) is 2. The van der Waals surface area contributed by atoms with Crippen molar-refractivity contribution in [1.29, 1.82) is 0 Å². The van der Waals surface area contributed by atoms with E-state index in [1.807, 2.05) is 47.4 Å². The van der Waals surface area contributed by atoms with Crippen molar-refractivity contribution >= 4 is 5.91 Å². The van der Waals surface area contributed by atoms with Crippen molar-refractivity contribution in [2.45, 2.75) is 58.9 Å². The molecule has 0 aliphatic heterocycles. The van der Waals surface area contributed by atoms with Crippen LogP contribution < -0.4 is 5.32 Å². The van der Waals surface area contributed by atoms with Crippen LogP contribution in [0.1, 0.15) is 52.0 Å². The fourth-order valence-electron chi connectivity index (χ4n) is 2.72. The summed E-state index contributed by atoms with van der Waals surface area (Å²) in [7, 11) is 0. The molecular formula is C20H29N3O. The van der Waals surface area contributed by atoms with Gasteiger partial charge in [-0.05, 0) is 43.4 Å². The number of hydrogen-bond acceptors (Lipinski definition) is 2. The molecule has 0 aliphatic carbocycles. The minimum Gasteiger partial charge on any atom is -0.354 e. The molecule has 2 rings (SSSR count). The first-order chi connectivity index (χ1) is 11.5. The molecule has 24 heavy (non-hydrogen) atoms. The quantitative estimate of drug-likeness (QED) is 0.752. The molecular weight excluding hydrogens is 298 g/mol. The maximum Gasteiger partial charge on any atom is 0.220 e. The van der Waals surface area contributed by atoms with E-state index in [-0.39, 0.29) is 11.9 Å². The highest BCUT2D eigenvalue weighted by atomic mass is 16.1. The second-order valence-electron chi connectivity index (χ2n) is 6.92. The summed E-state index contributed by atoms with van der Waals surface area (Å²) in [5, 5.41) is 7.46. The van der Waals surface area contributed by atoms with Gasteiger partial charge in [0.05, 0.1) is 11.9 Å². The van der Waals surface area contributed by atoms with Gasteiger partial charge >= 0.3 is 0 Å². The Morgan fingerprint density at radius 1 is 1.17 bits per heavy atom. The molecule has 0 spiro atoms.